The van der Waals surface area contributed by atoms with E-state index in [-0.39, 0.29) is 29.6 Å². The number of aliphatic hydroxyl groups is 1. The topological polar surface area (TPSA) is 20.2 Å². The molecule has 0 radical (unpaired) electrons. The molecule has 1 N–H and O–H groups in total. The molecule has 0 rings (SSSR count). The molecule has 0 spiro atoms. The second-order valence-corrected chi connectivity index (χ2v) is 0. The van der Waals surface area contributed by atoms with Crippen LogP contribution in [0.4, 0.5) is 0 Å². The molecule has 0 aliphatic carbocycles. The molecule has 3 heteroatoms. The van der Waals surface area contributed by atoms with Gasteiger partial charge in [0.1, 0.15) is 0 Å². The van der Waals surface area contributed by atoms with E-state index in [0.717, 1.165) is 7.11 Å². The summed E-state index contributed by atoms with van der Waals surface area (Å²) in [7, 11) is 1.00. The Bertz CT molecular complexity index is 7.61. The molecular formula is C2H8Na2O. The van der Waals surface area contributed by atoms with Gasteiger partial charge >= 0.3 is 61.7 Å². The van der Waals surface area contributed by atoms with Gasteiger partial charge in [0.25, 0.3) is 0 Å². The Labute approximate surface area is 72.9 Å². The van der Waals surface area contributed by atoms with Crippen molar-refractivity contribution in [2.75, 3.05) is 7.11 Å². The van der Waals surface area contributed by atoms with Crippen LogP contribution < -0.4 is 0 Å². The van der Waals surface area contributed by atoms with Crippen molar-refractivity contribution in [2.24, 2.45) is 0 Å². The summed E-state index contributed by atoms with van der Waals surface area (Å²) in [6, 6.07) is 0. The normalized spacial score (nSPS) is 2.60. The van der Waals surface area contributed by atoms with E-state index in [2.05, 4.69) is 4.17 Å². The maximum atomic E-state index is 7.00. The van der Waals surface area contributed by atoms with Gasteiger partial charge in [0, 0.05) is 7.11 Å². The molecule has 0 amide bonds. The summed E-state index contributed by atoms with van der Waals surface area (Å²) in [5.74, 6) is 0. The van der Waals surface area contributed by atoms with Crippen molar-refractivity contribution in [1.29, 1.82) is 0 Å². The second kappa shape index (κ2) is 38.2. The van der Waals surface area contributed by atoms with E-state index in [1.807, 2.05) is 0 Å². The molecule has 0 aliphatic rings. The van der Waals surface area contributed by atoms with Crippen LogP contribution in [0.3, 0.4) is 0 Å². The van der Waals surface area contributed by atoms with E-state index in [9.17, 15) is 0 Å². The molecule has 1 nitrogen and oxygen atoms in total. The molecule has 0 aromatic rings. The van der Waals surface area contributed by atoms with E-state index in [1.54, 1.807) is 0 Å². The molecule has 24 valence electrons. The summed E-state index contributed by atoms with van der Waals surface area (Å²) < 4.78 is 2.14. The molecule has 5 heavy (non-hydrogen) atoms. The molecular weight excluding hydrogens is 86.0 g/mol. The fourth-order valence-electron chi connectivity index (χ4n) is 0. The Morgan fingerprint density at radius 3 is 1.20 bits per heavy atom. The minimum absolute atomic E-state index is 0. The molecule has 0 aliphatic heterocycles. The standard InChI is InChI=1S/CH4O.CH3.2Na.H/c1-2;;;;/h2H,1H3;1H3;;;. The Kier molecular flexibility index (Phi) is 120. The van der Waals surface area contributed by atoms with Crippen molar-refractivity contribution in [3.8, 4) is 0 Å². The zero-order valence-electron chi connectivity index (χ0n) is 3.45. The van der Waals surface area contributed by atoms with E-state index in [1.165, 1.54) is 27.9 Å². The van der Waals surface area contributed by atoms with Crippen LogP contribution >= 0.6 is 0 Å². The van der Waals surface area contributed by atoms with Gasteiger partial charge in [0.05, 0.1) is 0 Å². The fraction of sp³-hybridized carbons (Fsp3) is 1.00. The van der Waals surface area contributed by atoms with Crippen LogP contribution in [0.15, 0.2) is 0 Å². The van der Waals surface area contributed by atoms with Crippen molar-refractivity contribution < 1.29 is 5.11 Å². The van der Waals surface area contributed by atoms with Crippen LogP contribution in [-0.4, -0.2) is 69.7 Å². The van der Waals surface area contributed by atoms with Crippen LogP contribution in [0.2, 0.25) is 4.17 Å². The Hall–Kier alpha value is 1.96. The van der Waals surface area contributed by atoms with Gasteiger partial charge < -0.3 is 5.11 Å². The summed E-state index contributed by atoms with van der Waals surface area (Å²) in [4.78, 5) is 0. The summed E-state index contributed by atoms with van der Waals surface area (Å²) in [6.45, 7) is 0. The van der Waals surface area contributed by atoms with Gasteiger partial charge in [0.15, 0.2) is 0 Å². The number of aliphatic hydroxyl groups excluding tert-OH is 1. The number of rotatable bonds is 0. The molecule has 0 unspecified atom stereocenters. The van der Waals surface area contributed by atoms with Crippen LogP contribution in [0.5, 0.6) is 0 Å². The van der Waals surface area contributed by atoms with Gasteiger partial charge in [-0.1, -0.05) is 0 Å². The van der Waals surface area contributed by atoms with E-state index in [0.29, 0.717) is 0 Å². The van der Waals surface area contributed by atoms with Crippen molar-refractivity contribution in [2.45, 2.75) is 4.17 Å². The first-order valence-corrected chi connectivity index (χ1v) is 3.45. The Morgan fingerprint density at radius 1 is 1.20 bits per heavy atom. The first-order valence-electron chi connectivity index (χ1n) is 1.45. The third kappa shape index (κ3) is 24.3. The average molecular weight is 94.1 g/mol. The second-order valence-electron chi connectivity index (χ2n) is 0. The minimum atomic E-state index is 0. The van der Waals surface area contributed by atoms with Crippen molar-refractivity contribution in [3.63, 3.8) is 0 Å². The molecule has 0 saturated heterocycles. The van der Waals surface area contributed by atoms with Gasteiger partial charge in [-0.2, -0.15) is 0 Å². The van der Waals surface area contributed by atoms with Crippen molar-refractivity contribution in [1.82, 2.24) is 0 Å². The summed E-state index contributed by atoms with van der Waals surface area (Å²) >= 11 is 1.31. The zero-order chi connectivity index (χ0) is 4.00. The first kappa shape index (κ1) is 15.8. The molecule has 0 aromatic carbocycles. The van der Waals surface area contributed by atoms with Crippen molar-refractivity contribution >= 4 is 57.5 Å². The van der Waals surface area contributed by atoms with E-state index in [4.69, 9.17) is 5.11 Å². The Balaban J connectivity index is -0.0000000133. The van der Waals surface area contributed by atoms with E-state index < -0.39 is 0 Å². The van der Waals surface area contributed by atoms with Gasteiger partial charge in [-0.15, -0.1) is 0 Å². The van der Waals surface area contributed by atoms with Gasteiger partial charge in [-0.3, -0.25) is 0 Å². The molecule has 0 saturated carbocycles. The third-order valence-corrected chi connectivity index (χ3v) is 0. The van der Waals surface area contributed by atoms with Crippen LogP contribution in [0.1, 0.15) is 0 Å². The van der Waals surface area contributed by atoms with E-state index >= 15 is 0 Å². The molecule has 0 bridgehead atoms. The van der Waals surface area contributed by atoms with Gasteiger partial charge in [-0.05, 0) is 0 Å². The van der Waals surface area contributed by atoms with Gasteiger partial charge in [-0.25, -0.2) is 0 Å². The monoisotopic (exact) mass is 94.0 g/mol. The quantitative estimate of drug-likeness (QED) is 0.388. The summed E-state index contributed by atoms with van der Waals surface area (Å²) in [6.07, 6.45) is 0. The van der Waals surface area contributed by atoms with Crippen molar-refractivity contribution in [3.05, 3.63) is 0 Å². The van der Waals surface area contributed by atoms with Crippen LogP contribution in [0.25, 0.3) is 0 Å². The Morgan fingerprint density at radius 2 is 1.20 bits per heavy atom. The average Bonchev–Trinajstić information content (AvgIpc) is 1.50. The summed E-state index contributed by atoms with van der Waals surface area (Å²) in [5, 5.41) is 7.00. The van der Waals surface area contributed by atoms with Crippen LogP contribution in [0, 0.1) is 0 Å². The van der Waals surface area contributed by atoms with Gasteiger partial charge in [0.2, 0.25) is 0 Å². The molecule has 0 aromatic heterocycles. The number of hydrogen-bond donors (Lipinski definition) is 1. The van der Waals surface area contributed by atoms with Crippen LogP contribution in [-0.2, 0) is 0 Å². The predicted octanol–water partition coefficient (Wildman–Crippen LogP) is -0.837. The fourth-order valence-corrected chi connectivity index (χ4v) is 0. The molecule has 0 atom stereocenters. The first-order chi connectivity index (χ1) is 2.00. The third-order valence-electron chi connectivity index (χ3n) is 0. The molecule has 0 fully saturated rings. The molecule has 0 heterocycles. The predicted molar refractivity (Wildman–Crippen MR) is 26.9 cm³/mol. The number of hydrogen-bond acceptors (Lipinski definition) is 1. The SMILES string of the molecule is CO.[CH3][Na].[NaH]. The zero-order valence-corrected chi connectivity index (χ0v) is 5.45. The summed E-state index contributed by atoms with van der Waals surface area (Å²) in [5.41, 5.74) is 0. The maximum absolute atomic E-state index is 7.00.